The van der Waals surface area contributed by atoms with Gasteiger partial charge in [-0.2, -0.15) is 0 Å². The summed E-state index contributed by atoms with van der Waals surface area (Å²) in [5, 5.41) is 13.3. The van der Waals surface area contributed by atoms with Crippen LogP contribution >= 0.6 is 0 Å². The van der Waals surface area contributed by atoms with Crippen molar-refractivity contribution in [1.82, 2.24) is 10.3 Å². The van der Waals surface area contributed by atoms with Gasteiger partial charge in [-0.1, -0.05) is 6.07 Å². The van der Waals surface area contributed by atoms with E-state index >= 15 is 0 Å². The molecular weight excluding hydrogens is 246 g/mol. The third kappa shape index (κ3) is 3.35. The molecule has 0 fully saturated rings. The van der Waals surface area contributed by atoms with Crippen molar-refractivity contribution in [2.45, 2.75) is 6.54 Å². The Kier molecular flexibility index (Phi) is 3.82. The maximum absolute atomic E-state index is 11.8. The monoisotopic (exact) mass is 257 g/mol. The highest BCUT2D eigenvalue weighted by atomic mass is 16.6. The Balaban J connectivity index is 2.04. The predicted molar refractivity (Wildman–Crippen MR) is 68.5 cm³/mol. The molecule has 0 aliphatic rings. The summed E-state index contributed by atoms with van der Waals surface area (Å²) < 4.78 is 0. The zero-order chi connectivity index (χ0) is 13.7. The Morgan fingerprint density at radius 2 is 2.00 bits per heavy atom. The Bertz CT molecular complexity index is 599. The molecule has 0 spiro atoms. The number of nitrogens with one attached hydrogen (secondary N) is 1. The van der Waals surface area contributed by atoms with E-state index in [9.17, 15) is 14.9 Å². The molecule has 1 N–H and O–H groups in total. The second-order valence-corrected chi connectivity index (χ2v) is 3.85. The lowest BCUT2D eigenvalue weighted by atomic mass is 10.2. The summed E-state index contributed by atoms with van der Waals surface area (Å²) in [6.07, 6.45) is 3.27. The second-order valence-electron chi connectivity index (χ2n) is 3.85. The molecule has 1 heterocycles. The molecule has 19 heavy (non-hydrogen) atoms. The molecule has 0 atom stereocenters. The second kappa shape index (κ2) is 5.72. The van der Waals surface area contributed by atoms with Crippen LogP contribution in [0.3, 0.4) is 0 Å². The number of pyridine rings is 1. The lowest BCUT2D eigenvalue weighted by Gasteiger charge is -2.05. The first-order chi connectivity index (χ1) is 9.16. The molecule has 6 nitrogen and oxygen atoms in total. The highest BCUT2D eigenvalue weighted by molar-refractivity contribution is 5.94. The summed E-state index contributed by atoms with van der Waals surface area (Å²) in [6.45, 7) is 0.351. The average Bonchev–Trinajstić information content (AvgIpc) is 2.46. The molecule has 0 unspecified atom stereocenters. The van der Waals surface area contributed by atoms with Crippen molar-refractivity contribution >= 4 is 11.6 Å². The maximum Gasteiger partial charge on any atom is 0.270 e. The number of carbonyl (C=O) groups is 1. The SMILES string of the molecule is O=C(NCc1ccncc1)c1cccc([N+](=O)[O-])c1. The zero-order valence-corrected chi connectivity index (χ0v) is 9.95. The average molecular weight is 257 g/mol. The van der Waals surface area contributed by atoms with Crippen molar-refractivity contribution in [1.29, 1.82) is 0 Å². The number of nitro benzene ring substituents is 1. The molecule has 0 radical (unpaired) electrons. The van der Waals surface area contributed by atoms with E-state index in [4.69, 9.17) is 0 Å². The summed E-state index contributed by atoms with van der Waals surface area (Å²) in [4.78, 5) is 25.8. The van der Waals surface area contributed by atoms with Gasteiger partial charge in [0, 0.05) is 36.6 Å². The quantitative estimate of drug-likeness (QED) is 0.669. The minimum atomic E-state index is -0.528. The van der Waals surface area contributed by atoms with Crippen molar-refractivity contribution in [3.63, 3.8) is 0 Å². The highest BCUT2D eigenvalue weighted by Gasteiger charge is 2.10. The zero-order valence-electron chi connectivity index (χ0n) is 9.95. The first kappa shape index (κ1) is 12.7. The van der Waals surface area contributed by atoms with Crippen LogP contribution in [0, 0.1) is 10.1 Å². The summed E-state index contributed by atoms with van der Waals surface area (Å²) in [6, 6.07) is 9.19. The summed E-state index contributed by atoms with van der Waals surface area (Å²) in [7, 11) is 0. The van der Waals surface area contributed by atoms with Gasteiger partial charge in [0.25, 0.3) is 11.6 Å². The Morgan fingerprint density at radius 1 is 1.26 bits per heavy atom. The third-order valence-electron chi connectivity index (χ3n) is 2.52. The summed E-state index contributed by atoms with van der Waals surface area (Å²) >= 11 is 0. The van der Waals surface area contributed by atoms with Gasteiger partial charge in [0.1, 0.15) is 0 Å². The molecule has 2 aromatic rings. The number of hydrogen-bond donors (Lipinski definition) is 1. The number of benzene rings is 1. The lowest BCUT2D eigenvalue weighted by Crippen LogP contribution is -2.22. The van der Waals surface area contributed by atoms with Crippen LogP contribution in [-0.4, -0.2) is 15.8 Å². The molecule has 0 saturated heterocycles. The molecule has 1 aromatic heterocycles. The molecule has 0 aliphatic carbocycles. The first-order valence-electron chi connectivity index (χ1n) is 5.58. The summed E-state index contributed by atoms with van der Waals surface area (Å²) in [5.74, 6) is -0.347. The number of nitrogens with zero attached hydrogens (tertiary/aromatic N) is 2. The van der Waals surface area contributed by atoms with E-state index in [0.717, 1.165) is 5.56 Å². The van der Waals surface area contributed by atoms with Crippen molar-refractivity contribution in [2.75, 3.05) is 0 Å². The van der Waals surface area contributed by atoms with Crippen LogP contribution in [0.25, 0.3) is 0 Å². The first-order valence-corrected chi connectivity index (χ1v) is 5.58. The molecular formula is C13H11N3O3. The fourth-order valence-electron chi connectivity index (χ4n) is 1.55. The minimum Gasteiger partial charge on any atom is -0.348 e. The third-order valence-corrected chi connectivity index (χ3v) is 2.52. The minimum absolute atomic E-state index is 0.100. The molecule has 1 amide bonds. The number of non-ortho nitro benzene ring substituents is 1. The van der Waals surface area contributed by atoms with E-state index in [-0.39, 0.29) is 17.2 Å². The predicted octanol–water partition coefficient (Wildman–Crippen LogP) is 1.92. The molecule has 6 heteroatoms. The van der Waals surface area contributed by atoms with Crippen molar-refractivity contribution in [2.24, 2.45) is 0 Å². The number of nitro groups is 1. The van der Waals surface area contributed by atoms with Crippen molar-refractivity contribution < 1.29 is 9.72 Å². The molecule has 2 rings (SSSR count). The largest absolute Gasteiger partial charge is 0.348 e. The van der Waals surface area contributed by atoms with E-state index < -0.39 is 4.92 Å². The van der Waals surface area contributed by atoms with Crippen molar-refractivity contribution in [3.8, 4) is 0 Å². The highest BCUT2D eigenvalue weighted by Crippen LogP contribution is 2.13. The van der Waals surface area contributed by atoms with Gasteiger partial charge in [-0.25, -0.2) is 0 Å². The van der Waals surface area contributed by atoms with Crippen LogP contribution in [0.15, 0.2) is 48.8 Å². The number of amides is 1. The van der Waals surface area contributed by atoms with E-state index in [2.05, 4.69) is 10.3 Å². The van der Waals surface area contributed by atoms with Gasteiger partial charge in [-0.05, 0) is 23.8 Å². The van der Waals surface area contributed by atoms with Gasteiger partial charge < -0.3 is 5.32 Å². The van der Waals surface area contributed by atoms with Crippen LogP contribution < -0.4 is 5.32 Å². The fourth-order valence-corrected chi connectivity index (χ4v) is 1.55. The molecule has 0 bridgehead atoms. The number of rotatable bonds is 4. The van der Waals surface area contributed by atoms with Gasteiger partial charge in [-0.3, -0.25) is 19.9 Å². The van der Waals surface area contributed by atoms with Gasteiger partial charge in [-0.15, -0.1) is 0 Å². The number of hydrogen-bond acceptors (Lipinski definition) is 4. The normalized spacial score (nSPS) is 9.89. The topological polar surface area (TPSA) is 85.1 Å². The standard InChI is InChI=1S/C13H11N3O3/c17-13(15-9-10-4-6-14-7-5-10)11-2-1-3-12(8-11)16(18)19/h1-8H,9H2,(H,15,17). The van der Waals surface area contributed by atoms with Crippen LogP contribution in [0.1, 0.15) is 15.9 Å². The Labute approximate surface area is 109 Å². The summed E-state index contributed by atoms with van der Waals surface area (Å²) in [5.41, 5.74) is 1.08. The van der Waals surface area contributed by atoms with Crippen LogP contribution in [0.5, 0.6) is 0 Å². The van der Waals surface area contributed by atoms with Crippen LogP contribution in [0.2, 0.25) is 0 Å². The number of carbonyl (C=O) groups excluding carboxylic acids is 1. The van der Waals surface area contributed by atoms with Gasteiger partial charge in [0.15, 0.2) is 0 Å². The van der Waals surface area contributed by atoms with Crippen LogP contribution in [0.4, 0.5) is 5.69 Å². The van der Waals surface area contributed by atoms with Gasteiger partial charge >= 0.3 is 0 Å². The van der Waals surface area contributed by atoms with Crippen LogP contribution in [-0.2, 0) is 6.54 Å². The molecule has 96 valence electrons. The van der Waals surface area contributed by atoms with Gasteiger partial charge in [0.2, 0.25) is 0 Å². The number of aromatic nitrogens is 1. The van der Waals surface area contributed by atoms with Crippen molar-refractivity contribution in [3.05, 3.63) is 70.0 Å². The maximum atomic E-state index is 11.8. The smallest absolute Gasteiger partial charge is 0.270 e. The Morgan fingerprint density at radius 3 is 2.68 bits per heavy atom. The van der Waals surface area contributed by atoms with E-state index in [1.54, 1.807) is 24.5 Å². The molecule has 1 aromatic carbocycles. The van der Waals surface area contributed by atoms with E-state index in [1.807, 2.05) is 0 Å². The van der Waals surface area contributed by atoms with E-state index in [1.165, 1.54) is 24.3 Å². The Hall–Kier alpha value is -2.76. The fraction of sp³-hybridized carbons (Fsp3) is 0.0769. The van der Waals surface area contributed by atoms with E-state index in [0.29, 0.717) is 6.54 Å². The van der Waals surface area contributed by atoms with Gasteiger partial charge in [0.05, 0.1) is 4.92 Å². The molecule has 0 saturated carbocycles. The lowest BCUT2D eigenvalue weighted by molar-refractivity contribution is -0.384. The molecule has 0 aliphatic heterocycles.